The number of nitrogens with zero attached hydrogens (tertiary/aromatic N) is 1. The van der Waals surface area contributed by atoms with Crippen LogP contribution in [0.2, 0.25) is 0 Å². The molecule has 1 aliphatic carbocycles. The van der Waals surface area contributed by atoms with Crippen LogP contribution in [-0.2, 0) is 6.42 Å². The zero-order valence-corrected chi connectivity index (χ0v) is 14.7. The van der Waals surface area contributed by atoms with Crippen molar-refractivity contribution in [1.29, 1.82) is 0 Å². The maximum atomic E-state index is 12.3. The van der Waals surface area contributed by atoms with Crippen molar-refractivity contribution in [1.82, 2.24) is 4.57 Å². The van der Waals surface area contributed by atoms with Crippen LogP contribution >= 0.6 is 22.6 Å². The summed E-state index contributed by atoms with van der Waals surface area (Å²) >= 11 is 2.22. The van der Waals surface area contributed by atoms with E-state index in [1.54, 1.807) is 6.20 Å². The second-order valence-corrected chi connectivity index (χ2v) is 7.84. The molecule has 0 amide bonds. The van der Waals surface area contributed by atoms with Crippen LogP contribution in [0.1, 0.15) is 54.8 Å². The lowest BCUT2D eigenvalue weighted by Gasteiger charge is -2.35. The Labute approximate surface area is 138 Å². The zero-order chi connectivity index (χ0) is 15.8. The van der Waals surface area contributed by atoms with Gasteiger partial charge in [-0.25, -0.2) is 0 Å². The molecular weight excluding hydrogens is 381 g/mol. The highest BCUT2D eigenvalue weighted by atomic mass is 127. The lowest BCUT2D eigenvalue weighted by molar-refractivity contribution is 0.111. The molecule has 0 spiro atoms. The standard InChI is InChI=1S/C16H20INO3/c1-16(2,3)14(9-20)18-7-10(8-19)15(21)12-6-11(17)4-5-13(12)18/h6-8,14,20H,4-5,9H2,1-3H3. The second kappa shape index (κ2) is 6.04. The van der Waals surface area contributed by atoms with E-state index in [2.05, 4.69) is 22.6 Å². The summed E-state index contributed by atoms with van der Waals surface area (Å²) in [4.78, 5) is 23.6. The number of carbonyl (C=O) groups excluding carboxylic acids is 1. The van der Waals surface area contributed by atoms with Gasteiger partial charge in [0.2, 0.25) is 0 Å². The van der Waals surface area contributed by atoms with Gasteiger partial charge in [-0.15, -0.1) is 0 Å². The quantitative estimate of drug-likeness (QED) is 0.626. The molecule has 1 atom stereocenters. The normalized spacial score (nSPS) is 16.1. The van der Waals surface area contributed by atoms with Crippen LogP contribution in [-0.4, -0.2) is 22.6 Å². The molecule has 1 N–H and O–H groups in total. The van der Waals surface area contributed by atoms with Gasteiger partial charge in [0.1, 0.15) is 0 Å². The SMILES string of the molecule is CC(C)(C)C(CO)n1cc(C=O)c(=O)c2c1CCC(I)=C2. The summed E-state index contributed by atoms with van der Waals surface area (Å²) in [7, 11) is 0. The molecule has 0 bridgehead atoms. The summed E-state index contributed by atoms with van der Waals surface area (Å²) in [6.45, 7) is 6.10. The molecule has 0 aliphatic heterocycles. The van der Waals surface area contributed by atoms with E-state index in [9.17, 15) is 14.7 Å². The van der Waals surface area contributed by atoms with Gasteiger partial charge >= 0.3 is 0 Å². The topological polar surface area (TPSA) is 59.3 Å². The van der Waals surface area contributed by atoms with Crippen LogP contribution in [0.25, 0.3) is 6.08 Å². The first kappa shape index (κ1) is 16.4. The highest BCUT2D eigenvalue weighted by Crippen LogP contribution is 2.34. The van der Waals surface area contributed by atoms with Gasteiger partial charge in [-0.3, -0.25) is 9.59 Å². The van der Waals surface area contributed by atoms with Gasteiger partial charge in [0, 0.05) is 17.5 Å². The molecule has 21 heavy (non-hydrogen) atoms. The summed E-state index contributed by atoms with van der Waals surface area (Å²) in [5, 5.41) is 9.80. The van der Waals surface area contributed by atoms with Crippen LogP contribution in [0.15, 0.2) is 14.6 Å². The molecule has 1 aromatic rings. The average molecular weight is 401 g/mol. The third kappa shape index (κ3) is 3.13. The van der Waals surface area contributed by atoms with Gasteiger partial charge in [-0.1, -0.05) is 20.8 Å². The van der Waals surface area contributed by atoms with Gasteiger partial charge in [0.25, 0.3) is 0 Å². The van der Waals surface area contributed by atoms with E-state index < -0.39 is 0 Å². The predicted molar refractivity (Wildman–Crippen MR) is 92.0 cm³/mol. The number of fused-ring (bicyclic) bond motifs is 1. The van der Waals surface area contributed by atoms with Crippen molar-refractivity contribution in [2.75, 3.05) is 6.61 Å². The van der Waals surface area contributed by atoms with Crippen LogP contribution in [0.4, 0.5) is 0 Å². The second-order valence-electron chi connectivity index (χ2n) is 6.45. The lowest BCUT2D eigenvalue weighted by Crippen LogP contribution is -2.33. The van der Waals surface area contributed by atoms with Gasteiger partial charge < -0.3 is 9.67 Å². The van der Waals surface area contributed by atoms with E-state index in [4.69, 9.17) is 0 Å². The Bertz CT molecular complexity index is 653. The van der Waals surface area contributed by atoms with Crippen molar-refractivity contribution in [2.24, 2.45) is 5.41 Å². The van der Waals surface area contributed by atoms with E-state index in [-0.39, 0.29) is 29.1 Å². The molecule has 1 aromatic heterocycles. The number of aldehydes is 1. The first-order chi connectivity index (χ1) is 9.79. The minimum absolute atomic E-state index is 0.0298. The lowest BCUT2D eigenvalue weighted by atomic mass is 9.85. The van der Waals surface area contributed by atoms with E-state index in [0.29, 0.717) is 11.8 Å². The number of aliphatic hydroxyl groups excluding tert-OH is 1. The summed E-state index contributed by atoms with van der Waals surface area (Å²) in [6, 6.07) is -0.172. The van der Waals surface area contributed by atoms with Crippen molar-refractivity contribution < 1.29 is 9.90 Å². The third-order valence-corrected chi connectivity index (χ3v) is 4.80. The fourth-order valence-corrected chi connectivity index (χ4v) is 3.31. The zero-order valence-electron chi connectivity index (χ0n) is 12.5. The minimum Gasteiger partial charge on any atom is -0.394 e. The fourth-order valence-electron chi connectivity index (χ4n) is 2.73. The van der Waals surface area contributed by atoms with Crippen molar-refractivity contribution >= 4 is 35.0 Å². The Hall–Kier alpha value is -0.950. The Balaban J connectivity index is 2.76. The van der Waals surface area contributed by atoms with Crippen LogP contribution < -0.4 is 5.43 Å². The molecular formula is C16H20INO3. The Morgan fingerprint density at radius 2 is 2.10 bits per heavy atom. The monoisotopic (exact) mass is 401 g/mol. The average Bonchev–Trinajstić information content (AvgIpc) is 2.40. The van der Waals surface area contributed by atoms with Crippen molar-refractivity contribution in [3.8, 4) is 0 Å². The molecule has 2 rings (SSSR count). The highest BCUT2D eigenvalue weighted by Gasteiger charge is 2.29. The Morgan fingerprint density at radius 1 is 1.43 bits per heavy atom. The molecule has 0 saturated heterocycles. The molecule has 1 unspecified atom stereocenters. The van der Waals surface area contributed by atoms with Gasteiger partial charge in [0.15, 0.2) is 11.7 Å². The highest BCUT2D eigenvalue weighted by molar-refractivity contribution is 14.1. The molecule has 1 aliphatic rings. The molecule has 0 saturated carbocycles. The number of hydrogen-bond acceptors (Lipinski definition) is 3. The Morgan fingerprint density at radius 3 is 2.62 bits per heavy atom. The molecule has 1 heterocycles. The summed E-state index contributed by atoms with van der Waals surface area (Å²) in [5.41, 5.74) is 1.28. The fraction of sp³-hybridized carbons (Fsp3) is 0.500. The van der Waals surface area contributed by atoms with E-state index in [1.165, 1.54) is 0 Å². The number of pyridine rings is 1. The van der Waals surface area contributed by atoms with Crippen LogP contribution in [0.3, 0.4) is 0 Å². The maximum Gasteiger partial charge on any atom is 0.199 e. The van der Waals surface area contributed by atoms with Crippen molar-refractivity contribution in [3.63, 3.8) is 0 Å². The first-order valence-corrected chi connectivity index (χ1v) is 8.07. The molecule has 0 fully saturated rings. The van der Waals surface area contributed by atoms with Crippen molar-refractivity contribution in [2.45, 2.75) is 39.7 Å². The number of carbonyl (C=O) groups is 1. The van der Waals surface area contributed by atoms with Crippen LogP contribution in [0.5, 0.6) is 0 Å². The smallest absolute Gasteiger partial charge is 0.199 e. The van der Waals surface area contributed by atoms with Gasteiger partial charge in [0.05, 0.1) is 18.2 Å². The van der Waals surface area contributed by atoms with E-state index in [1.807, 2.05) is 31.4 Å². The number of aromatic nitrogens is 1. The molecule has 0 aromatic carbocycles. The van der Waals surface area contributed by atoms with Crippen molar-refractivity contribution in [3.05, 3.63) is 36.8 Å². The van der Waals surface area contributed by atoms with Gasteiger partial charge in [-0.2, -0.15) is 0 Å². The number of halogens is 1. The summed E-state index contributed by atoms with van der Waals surface area (Å²) < 4.78 is 3.04. The summed E-state index contributed by atoms with van der Waals surface area (Å²) in [5.74, 6) is 0. The minimum atomic E-state index is -0.212. The Kier molecular flexibility index (Phi) is 4.72. The molecule has 5 heteroatoms. The molecule has 4 nitrogen and oxygen atoms in total. The third-order valence-electron chi connectivity index (χ3n) is 3.94. The molecule has 0 radical (unpaired) electrons. The summed E-state index contributed by atoms with van der Waals surface area (Å²) in [6.07, 6.45) is 5.71. The predicted octanol–water partition coefficient (Wildman–Crippen LogP) is 2.96. The maximum absolute atomic E-state index is 12.3. The first-order valence-electron chi connectivity index (χ1n) is 6.99. The number of aliphatic hydroxyl groups is 1. The van der Waals surface area contributed by atoms with E-state index >= 15 is 0 Å². The van der Waals surface area contributed by atoms with Crippen LogP contribution in [0, 0.1) is 5.41 Å². The number of rotatable bonds is 3. The largest absolute Gasteiger partial charge is 0.394 e. The van der Waals surface area contributed by atoms with Gasteiger partial charge in [-0.05, 0) is 50.5 Å². The molecule has 114 valence electrons. The van der Waals surface area contributed by atoms with E-state index in [0.717, 1.165) is 22.1 Å². The number of allylic oxidation sites excluding steroid dienone is 1. The number of hydrogen-bond donors (Lipinski definition) is 1.